The Labute approximate surface area is 318 Å². The van der Waals surface area contributed by atoms with Crippen molar-refractivity contribution in [1.29, 1.82) is 0 Å². The average Bonchev–Trinajstić information content (AvgIpc) is 3.69. The summed E-state index contributed by atoms with van der Waals surface area (Å²) in [5.74, 6) is -1.02. The molecule has 3 fully saturated rings. The molecule has 55 heavy (non-hydrogen) atoms. The molecule has 13 nitrogen and oxygen atoms in total. The van der Waals surface area contributed by atoms with Gasteiger partial charge in [0.2, 0.25) is 11.8 Å². The third-order valence-electron chi connectivity index (χ3n) is 11.2. The maximum absolute atomic E-state index is 13.4. The van der Waals surface area contributed by atoms with E-state index in [1.165, 1.54) is 10.6 Å². The zero-order chi connectivity index (χ0) is 38.6. The monoisotopic (exact) mass is 777 g/mol. The molecule has 8 rings (SSSR count). The standard InChI is InChI=1S/C38H39ClF3N9O4/c1-47-34-29(5-3-6-30(34)51(37(47)55)31-12-13-33(52)45-36(31)54)49-16-14-48(15-17-49)20-22-8-10-24(11-9-22)50-21-23-18-28(25(39)19-27(23)46-50)44-35(53)26-4-2-7-32(43-26)38(40,41)42/h2-7,18-19,21-22,24,31H,8-17,20H2,1H3,(H,44,53)(H,45,52,54). The smallest absolute Gasteiger partial charge is 0.367 e. The number of fused-ring (bicyclic) bond motifs is 2. The van der Waals surface area contributed by atoms with Gasteiger partial charge in [-0.05, 0) is 74.4 Å². The number of alkyl halides is 3. The van der Waals surface area contributed by atoms with Crippen molar-refractivity contribution in [2.24, 2.45) is 13.0 Å². The Kier molecular flexibility index (Phi) is 9.65. The van der Waals surface area contributed by atoms with Crippen molar-refractivity contribution in [2.75, 3.05) is 42.9 Å². The van der Waals surface area contributed by atoms with Crippen LogP contribution in [0.4, 0.5) is 24.5 Å². The maximum atomic E-state index is 13.4. The summed E-state index contributed by atoms with van der Waals surface area (Å²) in [6.07, 6.45) is 1.73. The van der Waals surface area contributed by atoms with Gasteiger partial charge in [0.05, 0.1) is 39.0 Å². The zero-order valence-electron chi connectivity index (χ0n) is 30.0. The van der Waals surface area contributed by atoms with Crippen molar-refractivity contribution < 1.29 is 27.6 Å². The number of halogens is 4. The predicted molar refractivity (Wildman–Crippen MR) is 200 cm³/mol. The molecule has 0 spiro atoms. The summed E-state index contributed by atoms with van der Waals surface area (Å²) < 4.78 is 44.4. The van der Waals surface area contributed by atoms with Gasteiger partial charge in [0.15, 0.2) is 0 Å². The van der Waals surface area contributed by atoms with E-state index in [9.17, 15) is 32.3 Å². The first-order valence-electron chi connectivity index (χ1n) is 18.4. The number of hydrogen-bond donors (Lipinski definition) is 2. The molecule has 1 saturated carbocycles. The second-order valence-electron chi connectivity index (χ2n) is 14.6. The van der Waals surface area contributed by atoms with Gasteiger partial charge >= 0.3 is 11.9 Å². The number of benzene rings is 2. The summed E-state index contributed by atoms with van der Waals surface area (Å²) in [6, 6.07) is 11.7. The van der Waals surface area contributed by atoms with Crippen LogP contribution in [0.25, 0.3) is 21.9 Å². The van der Waals surface area contributed by atoms with Crippen molar-refractivity contribution in [3.8, 4) is 0 Å². The topological polar surface area (TPSA) is 139 Å². The van der Waals surface area contributed by atoms with Crippen LogP contribution in [0.15, 0.2) is 59.5 Å². The zero-order valence-corrected chi connectivity index (χ0v) is 30.7. The molecule has 1 unspecified atom stereocenters. The van der Waals surface area contributed by atoms with E-state index in [0.29, 0.717) is 23.4 Å². The van der Waals surface area contributed by atoms with Gasteiger partial charge in [-0.25, -0.2) is 9.78 Å². The molecule has 1 aliphatic carbocycles. The van der Waals surface area contributed by atoms with Gasteiger partial charge in [-0.1, -0.05) is 23.7 Å². The lowest BCUT2D eigenvalue weighted by atomic mass is 9.85. The number of piperazine rings is 1. The van der Waals surface area contributed by atoms with E-state index in [4.69, 9.17) is 16.7 Å². The fourth-order valence-electron chi connectivity index (χ4n) is 8.28. The first kappa shape index (κ1) is 36.7. The number of pyridine rings is 1. The highest BCUT2D eigenvalue weighted by atomic mass is 35.5. The van der Waals surface area contributed by atoms with Crippen molar-refractivity contribution in [3.63, 3.8) is 0 Å². The summed E-state index contributed by atoms with van der Waals surface area (Å²) in [6.45, 7) is 4.36. The van der Waals surface area contributed by atoms with Crippen LogP contribution in [0.2, 0.25) is 5.02 Å². The largest absolute Gasteiger partial charge is 0.433 e. The van der Waals surface area contributed by atoms with Gasteiger partial charge in [-0.2, -0.15) is 18.3 Å². The molecule has 2 saturated heterocycles. The number of para-hydroxylation sites is 1. The quantitative estimate of drug-likeness (QED) is 0.206. The van der Waals surface area contributed by atoms with E-state index >= 15 is 0 Å². The minimum Gasteiger partial charge on any atom is -0.367 e. The second kappa shape index (κ2) is 14.5. The van der Waals surface area contributed by atoms with Gasteiger partial charge in [0.1, 0.15) is 17.4 Å². The maximum Gasteiger partial charge on any atom is 0.433 e. The predicted octanol–water partition coefficient (Wildman–Crippen LogP) is 5.54. The van der Waals surface area contributed by atoms with Crippen LogP contribution in [0.3, 0.4) is 0 Å². The number of carbonyl (C=O) groups excluding carboxylic acids is 3. The van der Waals surface area contributed by atoms with E-state index < -0.39 is 29.7 Å². The molecule has 0 bridgehead atoms. The molecule has 5 aromatic rings. The lowest BCUT2D eigenvalue weighted by Crippen LogP contribution is -2.48. The highest BCUT2D eigenvalue weighted by Gasteiger charge is 2.34. The van der Waals surface area contributed by atoms with Gasteiger partial charge in [-0.3, -0.25) is 38.4 Å². The number of anilines is 2. The number of nitrogens with one attached hydrogen (secondary N) is 2. The SMILES string of the molecule is Cn1c(=O)n(C2CCC(=O)NC2=O)c2cccc(N3CCN(CC4CCC(n5cc6cc(NC(=O)c7cccc(C(F)(F)F)n7)c(Cl)cc6n5)CC4)CC3)c21. The van der Waals surface area contributed by atoms with E-state index in [1.807, 2.05) is 29.1 Å². The van der Waals surface area contributed by atoms with Crippen LogP contribution in [-0.4, -0.2) is 79.2 Å². The molecule has 3 aromatic heterocycles. The normalized spacial score (nSPS) is 21.3. The highest BCUT2D eigenvalue weighted by molar-refractivity contribution is 6.34. The minimum absolute atomic E-state index is 0.193. The average molecular weight is 778 g/mol. The van der Waals surface area contributed by atoms with Crippen LogP contribution in [0, 0.1) is 5.92 Å². The summed E-state index contributed by atoms with van der Waals surface area (Å²) in [5, 5.41) is 10.7. The second-order valence-corrected chi connectivity index (χ2v) is 15.1. The van der Waals surface area contributed by atoms with E-state index in [2.05, 4.69) is 25.4 Å². The number of rotatable bonds is 7. The Morgan fingerprint density at radius 1 is 0.982 bits per heavy atom. The molecule has 3 amide bonds. The summed E-state index contributed by atoms with van der Waals surface area (Å²) >= 11 is 6.46. The van der Waals surface area contributed by atoms with Crippen LogP contribution >= 0.6 is 11.6 Å². The van der Waals surface area contributed by atoms with E-state index in [0.717, 1.165) is 87.1 Å². The number of hydrogen-bond acceptors (Lipinski definition) is 8. The van der Waals surface area contributed by atoms with Crippen molar-refractivity contribution in [2.45, 2.75) is 56.8 Å². The van der Waals surface area contributed by atoms with E-state index in [1.54, 1.807) is 23.7 Å². The van der Waals surface area contributed by atoms with Gasteiger partial charge in [0, 0.05) is 57.8 Å². The summed E-state index contributed by atoms with van der Waals surface area (Å²) in [7, 11) is 1.73. The number of imide groups is 1. The van der Waals surface area contributed by atoms with Crippen LogP contribution in [0.1, 0.15) is 66.8 Å². The highest BCUT2D eigenvalue weighted by Crippen LogP contribution is 2.36. The Bertz CT molecular complexity index is 2370. The molecule has 5 heterocycles. The molecule has 1 atom stereocenters. The van der Waals surface area contributed by atoms with Crippen LogP contribution < -0.4 is 21.2 Å². The summed E-state index contributed by atoms with van der Waals surface area (Å²) in [4.78, 5) is 58.9. The summed E-state index contributed by atoms with van der Waals surface area (Å²) in [5.41, 5.74) is 1.54. The number of imidazole rings is 1. The fraction of sp³-hybridized carbons (Fsp3) is 0.421. The first-order chi connectivity index (χ1) is 26.3. The number of aromatic nitrogens is 5. The van der Waals surface area contributed by atoms with Crippen molar-refractivity contribution in [1.82, 2.24) is 34.1 Å². The van der Waals surface area contributed by atoms with E-state index in [-0.39, 0.29) is 40.5 Å². The molecule has 2 N–H and O–H groups in total. The molecule has 3 aliphatic rings. The van der Waals surface area contributed by atoms with Crippen molar-refractivity contribution >= 4 is 62.6 Å². The van der Waals surface area contributed by atoms with Gasteiger partial charge in [0.25, 0.3) is 5.91 Å². The third-order valence-corrected chi connectivity index (χ3v) is 11.5. The van der Waals surface area contributed by atoms with Crippen molar-refractivity contribution in [3.05, 3.63) is 81.6 Å². The van der Waals surface area contributed by atoms with Gasteiger partial charge < -0.3 is 10.2 Å². The van der Waals surface area contributed by atoms with Gasteiger partial charge in [-0.15, -0.1) is 0 Å². The van der Waals surface area contributed by atoms with Crippen LogP contribution in [0.5, 0.6) is 0 Å². The Morgan fingerprint density at radius 3 is 2.45 bits per heavy atom. The Balaban J connectivity index is 0.868. The lowest BCUT2D eigenvalue weighted by Gasteiger charge is -2.39. The third kappa shape index (κ3) is 7.20. The number of nitrogens with zero attached hydrogens (tertiary/aromatic N) is 7. The lowest BCUT2D eigenvalue weighted by molar-refractivity contribution is -0.141. The Hall–Kier alpha value is -5.22. The number of piperidine rings is 1. The Morgan fingerprint density at radius 2 is 1.73 bits per heavy atom. The number of aryl methyl sites for hydroxylation is 1. The fourth-order valence-corrected chi connectivity index (χ4v) is 8.49. The first-order valence-corrected chi connectivity index (χ1v) is 18.8. The molecular weight excluding hydrogens is 739 g/mol. The number of amides is 3. The number of carbonyl (C=O) groups is 3. The molecule has 2 aliphatic heterocycles. The van der Waals surface area contributed by atoms with Crippen LogP contribution in [-0.2, 0) is 22.8 Å². The molecule has 2 aromatic carbocycles. The minimum atomic E-state index is -4.67. The molecular formula is C38H39ClF3N9O4. The molecule has 0 radical (unpaired) electrons. The molecule has 288 valence electrons. The molecule has 17 heteroatoms.